The highest BCUT2D eigenvalue weighted by Crippen LogP contribution is 2.38. The summed E-state index contributed by atoms with van der Waals surface area (Å²) in [5, 5.41) is 13.0. The van der Waals surface area contributed by atoms with E-state index >= 15 is 0 Å². The average molecular weight is 344 g/mol. The Morgan fingerprint density at radius 1 is 1.23 bits per heavy atom. The molecule has 1 aliphatic carbocycles. The maximum atomic E-state index is 12.6. The van der Waals surface area contributed by atoms with Crippen molar-refractivity contribution in [2.75, 3.05) is 5.32 Å². The van der Waals surface area contributed by atoms with E-state index in [9.17, 15) is 14.7 Å². The van der Waals surface area contributed by atoms with Crippen molar-refractivity contribution in [1.82, 2.24) is 0 Å². The highest BCUT2D eigenvalue weighted by Gasteiger charge is 2.41. The van der Waals surface area contributed by atoms with Crippen LogP contribution in [0.4, 0.5) is 5.69 Å². The first-order chi connectivity index (χ1) is 10.4. The van der Waals surface area contributed by atoms with E-state index < -0.39 is 17.8 Å². The van der Waals surface area contributed by atoms with Crippen LogP contribution in [0.25, 0.3) is 0 Å². The van der Waals surface area contributed by atoms with E-state index in [1.54, 1.807) is 18.2 Å². The minimum Gasteiger partial charge on any atom is -0.481 e. The minimum atomic E-state index is -0.901. The number of aliphatic carboxylic acids is 1. The number of hydrogen-bond donors (Lipinski definition) is 2. The Morgan fingerprint density at radius 3 is 2.41 bits per heavy atom. The van der Waals surface area contributed by atoms with Crippen LogP contribution in [-0.4, -0.2) is 17.0 Å². The van der Waals surface area contributed by atoms with Crippen LogP contribution in [0.3, 0.4) is 0 Å². The van der Waals surface area contributed by atoms with Gasteiger partial charge in [0.25, 0.3) is 0 Å². The fourth-order valence-electron chi connectivity index (χ4n) is 3.27. The summed E-state index contributed by atoms with van der Waals surface area (Å²) in [4.78, 5) is 24.1. The van der Waals surface area contributed by atoms with Crippen molar-refractivity contribution >= 4 is 40.8 Å². The number of carbonyl (C=O) groups excluding carboxylic acids is 1. The molecule has 0 heterocycles. The monoisotopic (exact) mass is 343 g/mol. The zero-order valence-electron chi connectivity index (χ0n) is 12.3. The van der Waals surface area contributed by atoms with Gasteiger partial charge in [-0.05, 0) is 37.0 Å². The molecule has 0 spiro atoms. The maximum Gasteiger partial charge on any atom is 0.307 e. The second-order valence-corrected chi connectivity index (χ2v) is 6.59. The minimum absolute atomic E-state index is 0.0875. The van der Waals surface area contributed by atoms with Crippen molar-refractivity contribution in [2.45, 2.75) is 32.6 Å². The third-order valence-corrected chi connectivity index (χ3v) is 4.74. The molecule has 2 rings (SSSR count). The van der Waals surface area contributed by atoms with Gasteiger partial charge >= 0.3 is 5.97 Å². The smallest absolute Gasteiger partial charge is 0.307 e. The molecule has 1 saturated carbocycles. The number of carboxylic acids is 1. The van der Waals surface area contributed by atoms with Gasteiger partial charge in [-0.3, -0.25) is 9.59 Å². The molecule has 0 bridgehead atoms. The van der Waals surface area contributed by atoms with Crippen LogP contribution in [0.2, 0.25) is 10.0 Å². The second kappa shape index (κ2) is 7.34. The summed E-state index contributed by atoms with van der Waals surface area (Å²) in [5.41, 5.74) is 0.493. The molecular weight excluding hydrogens is 325 g/mol. The van der Waals surface area contributed by atoms with Crippen molar-refractivity contribution in [3.63, 3.8) is 0 Å². The Kier molecular flexibility index (Phi) is 5.70. The molecule has 1 aromatic rings. The molecule has 3 unspecified atom stereocenters. The Morgan fingerprint density at radius 2 is 1.86 bits per heavy atom. The van der Waals surface area contributed by atoms with Crippen molar-refractivity contribution in [2.24, 2.45) is 17.8 Å². The molecule has 120 valence electrons. The number of carboxylic acid groups (broad SMARTS) is 1. The van der Waals surface area contributed by atoms with Gasteiger partial charge in [0.05, 0.1) is 11.8 Å². The summed E-state index contributed by atoms with van der Waals surface area (Å²) in [5.74, 6) is -2.23. The molecule has 4 nitrogen and oxygen atoms in total. The predicted octanol–water partition coefficient (Wildman–Crippen LogP) is 4.46. The Balaban J connectivity index is 2.21. The largest absolute Gasteiger partial charge is 0.481 e. The van der Waals surface area contributed by atoms with Gasteiger partial charge in [0.15, 0.2) is 0 Å². The summed E-state index contributed by atoms with van der Waals surface area (Å²) >= 11 is 11.8. The number of hydrogen-bond acceptors (Lipinski definition) is 2. The van der Waals surface area contributed by atoms with Crippen LogP contribution >= 0.6 is 23.2 Å². The third kappa shape index (κ3) is 3.93. The summed E-state index contributed by atoms with van der Waals surface area (Å²) < 4.78 is 0. The van der Waals surface area contributed by atoms with Crippen LogP contribution in [-0.2, 0) is 9.59 Å². The average Bonchev–Trinajstić information content (AvgIpc) is 2.45. The first-order valence-electron chi connectivity index (χ1n) is 7.42. The lowest BCUT2D eigenvalue weighted by Gasteiger charge is -2.34. The molecule has 1 fully saturated rings. The maximum absolute atomic E-state index is 12.6. The number of benzene rings is 1. The topological polar surface area (TPSA) is 66.4 Å². The lowest BCUT2D eigenvalue weighted by molar-refractivity contribution is -0.149. The van der Waals surface area contributed by atoms with Gasteiger partial charge in [0.2, 0.25) is 5.91 Å². The number of amides is 1. The normalized spacial score (nSPS) is 24.8. The molecule has 1 aliphatic rings. The summed E-state index contributed by atoms with van der Waals surface area (Å²) in [7, 11) is 0. The SMILES string of the molecule is CCC1CCCC(C(=O)O)C1C(=O)Nc1cc(Cl)cc(Cl)c1. The molecule has 1 aromatic carbocycles. The number of rotatable bonds is 4. The predicted molar refractivity (Wildman–Crippen MR) is 87.3 cm³/mol. The Hall–Kier alpha value is -1.26. The number of nitrogens with one attached hydrogen (secondary N) is 1. The van der Waals surface area contributed by atoms with Gasteiger partial charge in [-0.1, -0.05) is 43.0 Å². The van der Waals surface area contributed by atoms with Gasteiger partial charge in [0.1, 0.15) is 0 Å². The Labute approximate surface area is 139 Å². The molecule has 6 heteroatoms. The van der Waals surface area contributed by atoms with E-state index in [0.29, 0.717) is 22.2 Å². The molecule has 0 radical (unpaired) electrons. The van der Waals surface area contributed by atoms with Gasteiger partial charge in [-0.15, -0.1) is 0 Å². The van der Waals surface area contributed by atoms with E-state index in [4.69, 9.17) is 23.2 Å². The summed E-state index contributed by atoms with van der Waals surface area (Å²) in [6.45, 7) is 1.99. The number of carbonyl (C=O) groups is 2. The molecule has 1 amide bonds. The summed E-state index contributed by atoms with van der Waals surface area (Å²) in [6.07, 6.45) is 3.06. The standard InChI is InChI=1S/C16H19Cl2NO3/c1-2-9-4-3-5-13(16(21)22)14(9)15(20)19-12-7-10(17)6-11(18)8-12/h6-9,13-14H,2-5H2,1H3,(H,19,20)(H,21,22). The fraction of sp³-hybridized carbons (Fsp3) is 0.500. The van der Waals surface area contributed by atoms with Gasteiger partial charge in [0, 0.05) is 15.7 Å². The molecule has 22 heavy (non-hydrogen) atoms. The zero-order chi connectivity index (χ0) is 16.3. The van der Waals surface area contributed by atoms with Crippen molar-refractivity contribution in [1.29, 1.82) is 0 Å². The first-order valence-corrected chi connectivity index (χ1v) is 8.17. The van der Waals surface area contributed by atoms with Crippen LogP contribution in [0.1, 0.15) is 32.6 Å². The van der Waals surface area contributed by atoms with Crippen molar-refractivity contribution in [3.8, 4) is 0 Å². The van der Waals surface area contributed by atoms with Crippen molar-refractivity contribution in [3.05, 3.63) is 28.2 Å². The molecule has 0 saturated heterocycles. The highest BCUT2D eigenvalue weighted by atomic mass is 35.5. The van der Waals surface area contributed by atoms with E-state index in [1.165, 1.54) is 0 Å². The van der Waals surface area contributed by atoms with Crippen LogP contribution in [0, 0.1) is 17.8 Å². The van der Waals surface area contributed by atoms with E-state index in [0.717, 1.165) is 19.3 Å². The Bertz CT molecular complexity index is 556. The fourth-order valence-corrected chi connectivity index (χ4v) is 3.80. The number of anilines is 1. The quantitative estimate of drug-likeness (QED) is 0.847. The first kappa shape index (κ1) is 17.1. The third-order valence-electron chi connectivity index (χ3n) is 4.31. The second-order valence-electron chi connectivity index (χ2n) is 5.72. The van der Waals surface area contributed by atoms with Gasteiger partial charge in [-0.2, -0.15) is 0 Å². The van der Waals surface area contributed by atoms with Gasteiger partial charge in [-0.25, -0.2) is 0 Å². The van der Waals surface area contributed by atoms with Crippen LogP contribution in [0.5, 0.6) is 0 Å². The molecule has 0 aromatic heterocycles. The highest BCUT2D eigenvalue weighted by molar-refractivity contribution is 6.35. The van der Waals surface area contributed by atoms with E-state index in [2.05, 4.69) is 5.32 Å². The van der Waals surface area contributed by atoms with E-state index in [-0.39, 0.29) is 11.8 Å². The molecule has 3 atom stereocenters. The zero-order valence-corrected chi connectivity index (χ0v) is 13.8. The van der Waals surface area contributed by atoms with Crippen LogP contribution < -0.4 is 5.32 Å². The lowest BCUT2D eigenvalue weighted by atomic mass is 9.70. The summed E-state index contributed by atoms with van der Waals surface area (Å²) in [6, 6.07) is 4.78. The van der Waals surface area contributed by atoms with Crippen LogP contribution in [0.15, 0.2) is 18.2 Å². The van der Waals surface area contributed by atoms with Gasteiger partial charge < -0.3 is 10.4 Å². The molecule has 2 N–H and O–H groups in total. The molecule has 0 aliphatic heterocycles. The lowest BCUT2D eigenvalue weighted by Crippen LogP contribution is -2.41. The number of halogens is 2. The molecular formula is C16H19Cl2NO3. The van der Waals surface area contributed by atoms with E-state index in [1.807, 2.05) is 6.92 Å². The van der Waals surface area contributed by atoms with Crippen molar-refractivity contribution < 1.29 is 14.7 Å².